The number of thiocarbonyl (C=S) groups is 1. The molecule has 1 fully saturated rings. The lowest BCUT2D eigenvalue weighted by Gasteiger charge is -2.29. The molecule has 10 heteroatoms. The number of esters is 1. The van der Waals surface area contributed by atoms with Gasteiger partial charge in [-0.25, -0.2) is 8.42 Å². The van der Waals surface area contributed by atoms with Crippen molar-refractivity contribution >= 4 is 44.9 Å². The highest BCUT2D eigenvalue weighted by Gasteiger charge is 2.27. The third-order valence-electron chi connectivity index (χ3n) is 4.61. The molecule has 2 rings (SSSR count). The van der Waals surface area contributed by atoms with Crippen molar-refractivity contribution in [3.05, 3.63) is 24.3 Å². The van der Waals surface area contributed by atoms with Gasteiger partial charge in [-0.05, 0) is 62.2 Å². The zero-order valence-electron chi connectivity index (χ0n) is 16.6. The first-order valence-corrected chi connectivity index (χ1v) is 11.4. The summed E-state index contributed by atoms with van der Waals surface area (Å²) in [5, 5.41) is 5.37. The molecule has 0 bridgehead atoms. The van der Waals surface area contributed by atoms with Gasteiger partial charge in [0.25, 0.3) is 0 Å². The topological polar surface area (TPSA) is 105 Å². The Morgan fingerprint density at radius 2 is 1.79 bits per heavy atom. The highest BCUT2D eigenvalue weighted by Crippen LogP contribution is 2.24. The Morgan fingerprint density at radius 1 is 1.17 bits per heavy atom. The van der Waals surface area contributed by atoms with E-state index >= 15 is 0 Å². The summed E-state index contributed by atoms with van der Waals surface area (Å²) >= 11 is 5.08. The standard InChI is InChI=1S/C19H27N3O5S2/c1-3-27-18(24)9-8-17(23)21-19(28)20-15-4-6-16(7-5-15)29(25,26)22-12-10-14(2)11-13-22/h4-7,14H,3,8-13H2,1-2H3,(H2,20,21,23,28). The Kier molecular flexibility index (Phi) is 8.54. The Bertz CT molecular complexity index is 832. The van der Waals surface area contributed by atoms with Crippen LogP contribution in [0.4, 0.5) is 5.69 Å². The van der Waals surface area contributed by atoms with E-state index in [-0.39, 0.29) is 29.5 Å². The van der Waals surface area contributed by atoms with Gasteiger partial charge in [0.05, 0.1) is 17.9 Å². The van der Waals surface area contributed by atoms with Crippen LogP contribution in [0.1, 0.15) is 39.5 Å². The number of amides is 1. The van der Waals surface area contributed by atoms with Gasteiger partial charge in [0.15, 0.2) is 5.11 Å². The second-order valence-corrected chi connectivity index (χ2v) is 9.26. The molecule has 1 saturated heterocycles. The first kappa shape index (κ1) is 23.2. The van der Waals surface area contributed by atoms with E-state index in [0.29, 0.717) is 24.7 Å². The van der Waals surface area contributed by atoms with Crippen LogP contribution < -0.4 is 10.6 Å². The molecule has 0 saturated carbocycles. The smallest absolute Gasteiger partial charge is 0.306 e. The van der Waals surface area contributed by atoms with Crippen molar-refractivity contribution in [2.45, 2.75) is 44.4 Å². The van der Waals surface area contributed by atoms with E-state index in [9.17, 15) is 18.0 Å². The van der Waals surface area contributed by atoms with E-state index in [4.69, 9.17) is 17.0 Å². The number of benzene rings is 1. The summed E-state index contributed by atoms with van der Waals surface area (Å²) in [6.07, 6.45) is 1.67. The predicted octanol–water partition coefficient (Wildman–Crippen LogP) is 2.26. The fraction of sp³-hybridized carbons (Fsp3) is 0.526. The van der Waals surface area contributed by atoms with Crippen molar-refractivity contribution in [3.63, 3.8) is 0 Å². The van der Waals surface area contributed by atoms with Crippen LogP contribution in [0.5, 0.6) is 0 Å². The van der Waals surface area contributed by atoms with Crippen LogP contribution in [0.3, 0.4) is 0 Å². The lowest BCUT2D eigenvalue weighted by atomic mass is 10.0. The third-order valence-corrected chi connectivity index (χ3v) is 6.72. The predicted molar refractivity (Wildman–Crippen MR) is 114 cm³/mol. The van der Waals surface area contributed by atoms with Crippen molar-refractivity contribution in [2.75, 3.05) is 25.0 Å². The number of carbonyl (C=O) groups excluding carboxylic acids is 2. The molecule has 1 aromatic rings. The Morgan fingerprint density at radius 3 is 2.38 bits per heavy atom. The number of nitrogens with one attached hydrogen (secondary N) is 2. The molecule has 0 aromatic heterocycles. The van der Waals surface area contributed by atoms with E-state index < -0.39 is 21.9 Å². The van der Waals surface area contributed by atoms with E-state index in [1.54, 1.807) is 19.1 Å². The summed E-state index contributed by atoms with van der Waals surface area (Å²) in [6.45, 7) is 5.16. The molecule has 160 valence electrons. The first-order valence-electron chi connectivity index (χ1n) is 9.59. The molecular weight excluding hydrogens is 414 g/mol. The quantitative estimate of drug-likeness (QED) is 0.494. The second kappa shape index (κ2) is 10.7. The number of hydrogen-bond donors (Lipinski definition) is 2. The van der Waals surface area contributed by atoms with Crippen molar-refractivity contribution in [2.24, 2.45) is 5.92 Å². The van der Waals surface area contributed by atoms with Crippen molar-refractivity contribution in [3.8, 4) is 0 Å². The summed E-state index contributed by atoms with van der Waals surface area (Å²) in [6, 6.07) is 6.22. The summed E-state index contributed by atoms with van der Waals surface area (Å²) in [7, 11) is -3.51. The van der Waals surface area contributed by atoms with E-state index in [1.165, 1.54) is 16.4 Å². The molecule has 1 aromatic carbocycles. The summed E-state index contributed by atoms with van der Waals surface area (Å²) in [5.74, 6) is -0.308. The van der Waals surface area contributed by atoms with Gasteiger partial charge < -0.3 is 15.4 Å². The van der Waals surface area contributed by atoms with Crippen LogP contribution >= 0.6 is 12.2 Å². The number of sulfonamides is 1. The molecule has 1 aliphatic heterocycles. The fourth-order valence-electron chi connectivity index (χ4n) is 2.88. The maximum Gasteiger partial charge on any atom is 0.306 e. The van der Waals surface area contributed by atoms with Crippen LogP contribution in [0.2, 0.25) is 0 Å². The van der Waals surface area contributed by atoms with E-state index in [1.807, 2.05) is 0 Å². The Hall–Kier alpha value is -2.04. The van der Waals surface area contributed by atoms with Crippen LogP contribution in [0.15, 0.2) is 29.2 Å². The Labute approximate surface area is 177 Å². The number of piperidine rings is 1. The van der Waals surface area contributed by atoms with Crippen LogP contribution in [0, 0.1) is 5.92 Å². The molecule has 8 nitrogen and oxygen atoms in total. The molecule has 1 amide bonds. The van der Waals surface area contributed by atoms with E-state index in [2.05, 4.69) is 17.6 Å². The first-order chi connectivity index (χ1) is 13.7. The molecule has 0 unspecified atom stereocenters. The minimum Gasteiger partial charge on any atom is -0.466 e. The number of nitrogens with zero attached hydrogens (tertiary/aromatic N) is 1. The normalized spacial score (nSPS) is 15.5. The molecule has 2 N–H and O–H groups in total. The zero-order chi connectivity index (χ0) is 21.4. The maximum absolute atomic E-state index is 12.7. The van der Waals surface area contributed by atoms with E-state index in [0.717, 1.165) is 12.8 Å². The number of ether oxygens (including phenoxy) is 1. The van der Waals surface area contributed by atoms with Gasteiger partial charge in [-0.15, -0.1) is 0 Å². The molecule has 29 heavy (non-hydrogen) atoms. The summed E-state index contributed by atoms with van der Waals surface area (Å²) in [5.41, 5.74) is 0.548. The lowest BCUT2D eigenvalue weighted by Crippen LogP contribution is -2.37. The van der Waals surface area contributed by atoms with Crippen molar-refractivity contribution in [1.29, 1.82) is 0 Å². The molecule has 0 radical (unpaired) electrons. The molecule has 0 spiro atoms. The van der Waals surface area contributed by atoms with Gasteiger partial charge in [0.2, 0.25) is 15.9 Å². The average molecular weight is 442 g/mol. The zero-order valence-corrected chi connectivity index (χ0v) is 18.3. The molecular formula is C19H27N3O5S2. The van der Waals surface area contributed by atoms with Crippen LogP contribution in [-0.4, -0.2) is 49.4 Å². The van der Waals surface area contributed by atoms with Crippen molar-refractivity contribution < 1.29 is 22.7 Å². The molecule has 1 heterocycles. The maximum atomic E-state index is 12.7. The summed E-state index contributed by atoms with van der Waals surface area (Å²) in [4.78, 5) is 23.3. The minimum atomic E-state index is -3.51. The summed E-state index contributed by atoms with van der Waals surface area (Å²) < 4.78 is 31.7. The van der Waals surface area contributed by atoms with Crippen LogP contribution in [-0.2, 0) is 24.3 Å². The minimum absolute atomic E-state index is 0.0237. The number of rotatable bonds is 7. The molecule has 0 atom stereocenters. The highest BCUT2D eigenvalue weighted by molar-refractivity contribution is 7.89. The van der Waals surface area contributed by atoms with Crippen molar-refractivity contribution in [1.82, 2.24) is 9.62 Å². The second-order valence-electron chi connectivity index (χ2n) is 6.92. The highest BCUT2D eigenvalue weighted by atomic mass is 32.2. The SMILES string of the molecule is CCOC(=O)CCC(=O)NC(=S)Nc1ccc(S(=O)(=O)N2CCC(C)CC2)cc1. The van der Waals surface area contributed by atoms with Gasteiger partial charge in [-0.3, -0.25) is 9.59 Å². The van der Waals surface area contributed by atoms with Crippen LogP contribution in [0.25, 0.3) is 0 Å². The average Bonchev–Trinajstić information content (AvgIpc) is 2.67. The molecule has 1 aliphatic rings. The van der Waals surface area contributed by atoms with Gasteiger partial charge >= 0.3 is 5.97 Å². The number of anilines is 1. The monoisotopic (exact) mass is 441 g/mol. The number of hydrogen-bond acceptors (Lipinski definition) is 6. The largest absolute Gasteiger partial charge is 0.466 e. The molecule has 0 aliphatic carbocycles. The van der Waals surface area contributed by atoms with Gasteiger partial charge in [0.1, 0.15) is 0 Å². The lowest BCUT2D eigenvalue weighted by molar-refractivity contribution is -0.144. The van der Waals surface area contributed by atoms with Gasteiger partial charge in [-0.1, -0.05) is 6.92 Å². The number of carbonyl (C=O) groups is 2. The fourth-order valence-corrected chi connectivity index (χ4v) is 4.59. The Balaban J connectivity index is 1.87. The van der Waals surface area contributed by atoms with Gasteiger partial charge in [-0.2, -0.15) is 4.31 Å². The third kappa shape index (κ3) is 7.06. The van der Waals surface area contributed by atoms with Gasteiger partial charge in [0, 0.05) is 25.2 Å².